The number of allylic oxidation sites excluding steroid dienone is 1. The molecule has 8 nitrogen and oxygen atoms in total. The number of nitro benzene ring substituents is 1. The minimum atomic E-state index is -0.766. The maximum atomic E-state index is 12.8. The molecule has 0 amide bonds. The van der Waals surface area contributed by atoms with E-state index in [1.807, 2.05) is 31.2 Å². The van der Waals surface area contributed by atoms with E-state index in [2.05, 4.69) is 5.32 Å². The van der Waals surface area contributed by atoms with Gasteiger partial charge in [0.25, 0.3) is 0 Å². The van der Waals surface area contributed by atoms with Gasteiger partial charge in [0.15, 0.2) is 10.9 Å². The zero-order valence-electron chi connectivity index (χ0n) is 16.7. The quantitative estimate of drug-likeness (QED) is 0.321. The Bertz CT molecular complexity index is 1050. The predicted octanol–water partition coefficient (Wildman–Crippen LogP) is 3.88. The number of esters is 1. The predicted molar refractivity (Wildman–Crippen MR) is 116 cm³/mol. The lowest BCUT2D eigenvalue weighted by Gasteiger charge is -2.37. The fourth-order valence-electron chi connectivity index (χ4n) is 3.34. The summed E-state index contributed by atoms with van der Waals surface area (Å²) < 4.78 is 5.25. The normalized spacial score (nSPS) is 16.3. The number of hydrogen-bond acceptors (Lipinski definition) is 6. The summed E-state index contributed by atoms with van der Waals surface area (Å²) in [5.41, 5.74) is 2.64. The molecule has 9 heteroatoms. The Labute approximate surface area is 178 Å². The van der Waals surface area contributed by atoms with Crippen molar-refractivity contribution in [1.82, 2.24) is 5.32 Å². The second-order valence-electron chi connectivity index (χ2n) is 6.78. The van der Waals surface area contributed by atoms with Crippen LogP contribution in [-0.4, -0.2) is 27.7 Å². The van der Waals surface area contributed by atoms with Gasteiger partial charge in [0, 0.05) is 17.5 Å². The number of aryl methyl sites for hydroxylation is 1. The van der Waals surface area contributed by atoms with Crippen molar-refractivity contribution in [2.75, 3.05) is 11.5 Å². The van der Waals surface area contributed by atoms with Crippen LogP contribution >= 0.6 is 12.2 Å². The second-order valence-corrected chi connectivity index (χ2v) is 7.16. The van der Waals surface area contributed by atoms with Crippen molar-refractivity contribution in [3.05, 3.63) is 75.0 Å². The highest BCUT2D eigenvalue weighted by molar-refractivity contribution is 7.80. The van der Waals surface area contributed by atoms with Gasteiger partial charge in [0.05, 0.1) is 23.1 Å². The Kier molecular flexibility index (Phi) is 6.02. The van der Waals surface area contributed by atoms with Gasteiger partial charge in [-0.05, 0) is 56.8 Å². The molecule has 0 saturated heterocycles. The number of nitrogens with zero attached hydrogens (tertiary/aromatic N) is 2. The van der Waals surface area contributed by atoms with Crippen molar-refractivity contribution in [2.24, 2.45) is 0 Å². The minimum absolute atomic E-state index is 0.174. The lowest BCUT2D eigenvalue weighted by Crippen LogP contribution is -2.48. The number of ether oxygens (including phenoxy) is 1. The van der Waals surface area contributed by atoms with Gasteiger partial charge in [-0.2, -0.15) is 0 Å². The van der Waals surface area contributed by atoms with E-state index >= 15 is 0 Å². The van der Waals surface area contributed by atoms with Gasteiger partial charge in [-0.15, -0.1) is 0 Å². The van der Waals surface area contributed by atoms with Crippen molar-refractivity contribution in [3.8, 4) is 5.75 Å². The van der Waals surface area contributed by atoms with Crippen molar-refractivity contribution < 1.29 is 19.6 Å². The van der Waals surface area contributed by atoms with Crippen LogP contribution in [0.3, 0.4) is 0 Å². The molecular formula is C21H21N3O5S. The Morgan fingerprint density at radius 3 is 2.53 bits per heavy atom. The summed E-state index contributed by atoms with van der Waals surface area (Å²) in [5.74, 6) is -1.01. The van der Waals surface area contributed by atoms with Crippen LogP contribution in [0.25, 0.3) is 0 Å². The Morgan fingerprint density at radius 1 is 1.27 bits per heavy atom. The van der Waals surface area contributed by atoms with Gasteiger partial charge < -0.3 is 15.2 Å². The molecule has 0 saturated carbocycles. The summed E-state index contributed by atoms with van der Waals surface area (Å²) in [6.45, 7) is 5.60. The van der Waals surface area contributed by atoms with Gasteiger partial charge in [-0.3, -0.25) is 15.0 Å². The zero-order chi connectivity index (χ0) is 22.0. The van der Waals surface area contributed by atoms with Crippen LogP contribution in [-0.2, 0) is 9.53 Å². The van der Waals surface area contributed by atoms with E-state index in [0.717, 1.165) is 11.3 Å². The number of thiocarbonyl (C=S) groups is 1. The number of anilines is 1. The molecule has 2 aromatic rings. The van der Waals surface area contributed by atoms with Crippen LogP contribution in [0.2, 0.25) is 0 Å². The van der Waals surface area contributed by atoms with Gasteiger partial charge >= 0.3 is 11.7 Å². The van der Waals surface area contributed by atoms with Gasteiger partial charge in [-0.1, -0.05) is 23.8 Å². The van der Waals surface area contributed by atoms with E-state index in [1.165, 1.54) is 18.2 Å². The lowest BCUT2D eigenvalue weighted by molar-refractivity contribution is -0.385. The van der Waals surface area contributed by atoms with Gasteiger partial charge in [0.1, 0.15) is 0 Å². The van der Waals surface area contributed by atoms with E-state index in [9.17, 15) is 20.0 Å². The smallest absolute Gasteiger partial charge is 0.338 e. The molecule has 2 aromatic carbocycles. The number of nitro groups is 1. The van der Waals surface area contributed by atoms with Crippen LogP contribution < -0.4 is 10.2 Å². The number of nitrogens with one attached hydrogen (secondary N) is 1. The molecule has 2 N–H and O–H groups in total. The van der Waals surface area contributed by atoms with E-state index < -0.39 is 28.4 Å². The van der Waals surface area contributed by atoms with Crippen LogP contribution in [0.5, 0.6) is 5.75 Å². The van der Waals surface area contributed by atoms with Gasteiger partial charge in [0.2, 0.25) is 0 Å². The van der Waals surface area contributed by atoms with Crippen LogP contribution in [0.4, 0.5) is 11.4 Å². The number of hydrogen-bond donors (Lipinski definition) is 2. The average molecular weight is 427 g/mol. The summed E-state index contributed by atoms with van der Waals surface area (Å²) in [5, 5.41) is 24.5. The summed E-state index contributed by atoms with van der Waals surface area (Å²) in [6.07, 6.45) is 0. The van der Waals surface area contributed by atoms with Crippen LogP contribution in [0, 0.1) is 17.0 Å². The number of aromatic hydroxyl groups is 1. The molecule has 1 heterocycles. The second kappa shape index (κ2) is 8.50. The zero-order valence-corrected chi connectivity index (χ0v) is 17.5. The highest BCUT2D eigenvalue weighted by atomic mass is 32.1. The first-order valence-electron chi connectivity index (χ1n) is 9.27. The maximum Gasteiger partial charge on any atom is 0.338 e. The number of phenolic OH excluding ortho intramolecular Hbond substituents is 1. The topological polar surface area (TPSA) is 105 Å². The SMILES string of the molecule is CCOC(=O)C1=C(C)N(c2ccc(C)cc2)C(=S)NC1c1ccc(O)c([N+](=O)[O-])c1. The third-order valence-corrected chi connectivity index (χ3v) is 5.10. The van der Waals surface area contributed by atoms with Crippen molar-refractivity contribution in [3.63, 3.8) is 0 Å². The molecule has 1 aliphatic rings. The van der Waals surface area contributed by atoms with Gasteiger partial charge in [-0.25, -0.2) is 4.79 Å². The summed E-state index contributed by atoms with van der Waals surface area (Å²) in [7, 11) is 0. The molecule has 0 spiro atoms. The van der Waals surface area contributed by atoms with Crippen molar-refractivity contribution in [2.45, 2.75) is 26.8 Å². The molecular weight excluding hydrogens is 406 g/mol. The molecule has 3 rings (SSSR count). The first-order chi connectivity index (χ1) is 14.2. The van der Waals surface area contributed by atoms with Crippen molar-refractivity contribution in [1.29, 1.82) is 0 Å². The number of benzene rings is 2. The number of phenols is 1. The molecule has 1 unspecified atom stereocenters. The molecule has 0 bridgehead atoms. The highest BCUT2D eigenvalue weighted by Crippen LogP contribution is 2.37. The van der Waals surface area contributed by atoms with E-state index in [-0.39, 0.29) is 12.2 Å². The standard InChI is InChI=1S/C21H21N3O5S/c1-4-29-20(26)18-13(3)23(15-8-5-12(2)6-9-15)21(30)22-19(18)14-7-10-17(25)16(11-14)24(27)28/h5-11,19,25H,4H2,1-3H3,(H,22,30). The molecule has 1 atom stereocenters. The first kappa shape index (κ1) is 21.3. The highest BCUT2D eigenvalue weighted by Gasteiger charge is 2.36. The fraction of sp³-hybridized carbons (Fsp3) is 0.238. The first-order valence-corrected chi connectivity index (χ1v) is 9.68. The number of carbonyl (C=O) groups is 1. The summed E-state index contributed by atoms with van der Waals surface area (Å²) >= 11 is 5.56. The molecule has 0 aromatic heterocycles. The molecule has 0 fully saturated rings. The summed E-state index contributed by atoms with van der Waals surface area (Å²) in [6, 6.07) is 10.8. The largest absolute Gasteiger partial charge is 0.502 e. The minimum Gasteiger partial charge on any atom is -0.502 e. The molecule has 0 radical (unpaired) electrons. The molecule has 0 aliphatic carbocycles. The summed E-state index contributed by atoms with van der Waals surface area (Å²) in [4.78, 5) is 25.1. The Hall–Kier alpha value is -3.46. The third kappa shape index (κ3) is 3.97. The average Bonchev–Trinajstić information content (AvgIpc) is 2.69. The Balaban J connectivity index is 2.16. The third-order valence-electron chi connectivity index (χ3n) is 4.80. The molecule has 156 valence electrons. The monoisotopic (exact) mass is 427 g/mol. The lowest BCUT2D eigenvalue weighted by atomic mass is 9.94. The number of rotatable bonds is 5. The molecule has 1 aliphatic heterocycles. The molecule has 30 heavy (non-hydrogen) atoms. The van der Waals surface area contributed by atoms with Crippen LogP contribution in [0.15, 0.2) is 53.7 Å². The van der Waals surface area contributed by atoms with Crippen LogP contribution in [0.1, 0.15) is 31.0 Å². The maximum absolute atomic E-state index is 12.8. The van der Waals surface area contributed by atoms with E-state index in [4.69, 9.17) is 17.0 Å². The van der Waals surface area contributed by atoms with E-state index in [1.54, 1.807) is 18.7 Å². The Morgan fingerprint density at radius 2 is 1.93 bits per heavy atom. The van der Waals surface area contributed by atoms with Crippen molar-refractivity contribution >= 4 is 34.7 Å². The van der Waals surface area contributed by atoms with E-state index in [0.29, 0.717) is 16.4 Å². The number of carbonyl (C=O) groups excluding carboxylic acids is 1. The fourth-order valence-corrected chi connectivity index (χ4v) is 3.70.